The summed E-state index contributed by atoms with van der Waals surface area (Å²) in [6, 6.07) is 9.43. The van der Waals surface area contributed by atoms with Crippen molar-refractivity contribution in [2.75, 3.05) is 18.6 Å². The lowest BCUT2D eigenvalue weighted by Gasteiger charge is -2.22. The van der Waals surface area contributed by atoms with Crippen LogP contribution in [0.15, 0.2) is 24.3 Å². The number of hydrogen-bond acceptors (Lipinski definition) is 3. The highest BCUT2D eigenvalue weighted by atomic mass is 32.2. The van der Waals surface area contributed by atoms with Gasteiger partial charge in [-0.25, -0.2) is 0 Å². The van der Waals surface area contributed by atoms with Crippen LogP contribution < -0.4 is 10.1 Å². The van der Waals surface area contributed by atoms with Crippen molar-refractivity contribution in [1.29, 1.82) is 0 Å². The Morgan fingerprint density at radius 2 is 1.89 bits per heavy atom. The van der Waals surface area contributed by atoms with Gasteiger partial charge >= 0.3 is 0 Å². The number of thioether (sulfide) groups is 1. The standard InChI is InChI=1S/C16H27NOS/c1-5-11-18-16-9-7-14(8-10-16)13(3)17-15(6-2)12-19-4/h7-10,13,15,17H,5-6,11-12H2,1-4H3. The van der Waals surface area contributed by atoms with Crippen LogP contribution in [0.1, 0.15) is 45.2 Å². The summed E-state index contributed by atoms with van der Waals surface area (Å²) >= 11 is 1.90. The third-order valence-corrected chi connectivity index (χ3v) is 3.94. The molecule has 0 heterocycles. The van der Waals surface area contributed by atoms with Gasteiger partial charge in [0.25, 0.3) is 0 Å². The topological polar surface area (TPSA) is 21.3 Å². The minimum atomic E-state index is 0.386. The van der Waals surface area contributed by atoms with E-state index in [9.17, 15) is 0 Å². The number of hydrogen-bond donors (Lipinski definition) is 1. The fourth-order valence-corrected chi connectivity index (χ4v) is 2.74. The molecule has 19 heavy (non-hydrogen) atoms. The number of benzene rings is 1. The van der Waals surface area contributed by atoms with Crippen molar-refractivity contribution < 1.29 is 4.74 Å². The normalized spacial score (nSPS) is 14.1. The van der Waals surface area contributed by atoms with Gasteiger partial charge in [0.1, 0.15) is 5.75 Å². The Morgan fingerprint density at radius 3 is 2.42 bits per heavy atom. The van der Waals surface area contributed by atoms with E-state index in [1.807, 2.05) is 11.8 Å². The summed E-state index contributed by atoms with van der Waals surface area (Å²) in [6.07, 6.45) is 4.38. The maximum absolute atomic E-state index is 5.61. The fourth-order valence-electron chi connectivity index (χ4n) is 2.01. The van der Waals surface area contributed by atoms with Crippen LogP contribution in [0.4, 0.5) is 0 Å². The lowest BCUT2D eigenvalue weighted by molar-refractivity contribution is 0.317. The lowest BCUT2D eigenvalue weighted by Crippen LogP contribution is -2.32. The van der Waals surface area contributed by atoms with E-state index in [-0.39, 0.29) is 0 Å². The minimum Gasteiger partial charge on any atom is -0.494 e. The summed E-state index contributed by atoms with van der Waals surface area (Å²) in [5.41, 5.74) is 1.32. The Morgan fingerprint density at radius 1 is 1.21 bits per heavy atom. The second kappa shape index (κ2) is 9.27. The Kier molecular flexibility index (Phi) is 7.99. The molecule has 2 unspecified atom stereocenters. The summed E-state index contributed by atoms with van der Waals surface area (Å²) in [4.78, 5) is 0. The molecule has 3 heteroatoms. The molecule has 0 aliphatic carbocycles. The van der Waals surface area contributed by atoms with E-state index in [1.54, 1.807) is 0 Å². The van der Waals surface area contributed by atoms with E-state index in [1.165, 1.54) is 17.7 Å². The van der Waals surface area contributed by atoms with Gasteiger partial charge in [0.15, 0.2) is 0 Å². The van der Waals surface area contributed by atoms with Crippen molar-refractivity contribution in [1.82, 2.24) is 5.32 Å². The molecule has 0 bridgehead atoms. The molecule has 0 fully saturated rings. The molecule has 0 spiro atoms. The molecule has 0 amide bonds. The molecule has 0 aromatic heterocycles. The first kappa shape index (κ1) is 16.4. The minimum absolute atomic E-state index is 0.386. The van der Waals surface area contributed by atoms with E-state index < -0.39 is 0 Å². The van der Waals surface area contributed by atoms with Gasteiger partial charge in [0.2, 0.25) is 0 Å². The smallest absolute Gasteiger partial charge is 0.119 e. The molecule has 0 aliphatic rings. The highest BCUT2D eigenvalue weighted by molar-refractivity contribution is 7.98. The lowest BCUT2D eigenvalue weighted by atomic mass is 10.1. The van der Waals surface area contributed by atoms with Crippen LogP contribution in [0, 0.1) is 0 Å². The molecule has 1 aromatic rings. The summed E-state index contributed by atoms with van der Waals surface area (Å²) in [5.74, 6) is 2.13. The number of ether oxygens (including phenoxy) is 1. The monoisotopic (exact) mass is 281 g/mol. The average Bonchev–Trinajstić information content (AvgIpc) is 2.45. The van der Waals surface area contributed by atoms with E-state index in [0.717, 1.165) is 18.8 Å². The first-order chi connectivity index (χ1) is 9.21. The third-order valence-electron chi connectivity index (χ3n) is 3.20. The van der Waals surface area contributed by atoms with Crippen LogP contribution in [0.25, 0.3) is 0 Å². The molecule has 0 radical (unpaired) electrons. The van der Waals surface area contributed by atoms with Crippen LogP contribution in [-0.2, 0) is 0 Å². The molecule has 1 N–H and O–H groups in total. The van der Waals surface area contributed by atoms with Gasteiger partial charge in [-0.1, -0.05) is 26.0 Å². The van der Waals surface area contributed by atoms with Crippen molar-refractivity contribution in [2.24, 2.45) is 0 Å². The van der Waals surface area contributed by atoms with E-state index in [4.69, 9.17) is 4.74 Å². The summed E-state index contributed by atoms with van der Waals surface area (Å²) in [7, 11) is 0. The molecule has 0 saturated heterocycles. The summed E-state index contributed by atoms with van der Waals surface area (Å²) in [5, 5.41) is 3.68. The molecule has 0 aliphatic heterocycles. The van der Waals surface area contributed by atoms with Crippen molar-refractivity contribution in [3.05, 3.63) is 29.8 Å². The molecule has 1 aromatic carbocycles. The van der Waals surface area contributed by atoms with Crippen LogP contribution >= 0.6 is 11.8 Å². The van der Waals surface area contributed by atoms with Crippen molar-refractivity contribution in [3.63, 3.8) is 0 Å². The van der Waals surface area contributed by atoms with Crippen molar-refractivity contribution in [3.8, 4) is 5.75 Å². The largest absolute Gasteiger partial charge is 0.494 e. The Bertz CT molecular complexity index is 339. The van der Waals surface area contributed by atoms with E-state index in [2.05, 4.69) is 56.6 Å². The Labute approximate surface area is 122 Å². The Balaban J connectivity index is 2.54. The highest BCUT2D eigenvalue weighted by Crippen LogP contribution is 2.19. The van der Waals surface area contributed by atoms with Crippen LogP contribution in [0.3, 0.4) is 0 Å². The molecule has 2 nitrogen and oxygen atoms in total. The Hall–Kier alpha value is -0.670. The quantitative estimate of drug-likeness (QED) is 0.730. The molecule has 1 rings (SSSR count). The van der Waals surface area contributed by atoms with Gasteiger partial charge in [-0.15, -0.1) is 0 Å². The predicted molar refractivity (Wildman–Crippen MR) is 86.2 cm³/mol. The zero-order chi connectivity index (χ0) is 14.1. The first-order valence-corrected chi connectivity index (χ1v) is 8.58. The van der Waals surface area contributed by atoms with Crippen LogP contribution in [0.5, 0.6) is 5.75 Å². The van der Waals surface area contributed by atoms with Crippen molar-refractivity contribution in [2.45, 2.75) is 45.7 Å². The number of rotatable bonds is 9. The maximum Gasteiger partial charge on any atom is 0.119 e. The van der Waals surface area contributed by atoms with Crippen molar-refractivity contribution >= 4 is 11.8 Å². The molecular weight excluding hydrogens is 254 g/mol. The van der Waals surface area contributed by atoms with Gasteiger partial charge in [-0.2, -0.15) is 11.8 Å². The van der Waals surface area contributed by atoms with Crippen LogP contribution in [0.2, 0.25) is 0 Å². The molecule has 0 saturated carbocycles. The SMILES string of the molecule is CCCOc1ccc(C(C)NC(CC)CSC)cc1. The molecular formula is C16H27NOS. The molecule has 108 valence electrons. The predicted octanol–water partition coefficient (Wildman–Crippen LogP) is 4.27. The second-order valence-corrected chi connectivity index (χ2v) is 5.78. The second-order valence-electron chi connectivity index (χ2n) is 4.87. The first-order valence-electron chi connectivity index (χ1n) is 7.19. The van der Waals surface area contributed by atoms with Gasteiger partial charge < -0.3 is 10.1 Å². The van der Waals surface area contributed by atoms with Gasteiger partial charge in [0.05, 0.1) is 6.61 Å². The van der Waals surface area contributed by atoms with Gasteiger partial charge in [0, 0.05) is 17.8 Å². The van der Waals surface area contributed by atoms with E-state index in [0.29, 0.717) is 12.1 Å². The van der Waals surface area contributed by atoms with Crippen LogP contribution in [-0.4, -0.2) is 24.7 Å². The zero-order valence-electron chi connectivity index (χ0n) is 12.6. The number of nitrogens with one attached hydrogen (secondary N) is 1. The van der Waals surface area contributed by atoms with Gasteiger partial charge in [-0.05, 0) is 43.7 Å². The maximum atomic E-state index is 5.61. The van der Waals surface area contributed by atoms with Gasteiger partial charge in [-0.3, -0.25) is 0 Å². The average molecular weight is 281 g/mol. The zero-order valence-corrected chi connectivity index (χ0v) is 13.4. The highest BCUT2D eigenvalue weighted by Gasteiger charge is 2.11. The summed E-state index contributed by atoms with van der Waals surface area (Å²) < 4.78 is 5.61. The fraction of sp³-hybridized carbons (Fsp3) is 0.625. The summed E-state index contributed by atoms with van der Waals surface area (Å²) in [6.45, 7) is 7.38. The van der Waals surface area contributed by atoms with E-state index >= 15 is 0 Å². The third kappa shape index (κ3) is 5.87. The molecule has 2 atom stereocenters.